The summed E-state index contributed by atoms with van der Waals surface area (Å²) in [5, 5.41) is 0. The first-order valence-electron chi connectivity index (χ1n) is 7.01. The molecule has 0 radical (unpaired) electrons. The monoisotopic (exact) mass is 269 g/mol. The third-order valence-electron chi connectivity index (χ3n) is 3.33. The van der Waals surface area contributed by atoms with Gasteiger partial charge in [-0.3, -0.25) is 0 Å². The minimum atomic E-state index is 0.0471. The molecule has 0 aliphatic carbocycles. The van der Waals surface area contributed by atoms with Gasteiger partial charge in [0.25, 0.3) is 0 Å². The van der Waals surface area contributed by atoms with E-state index >= 15 is 0 Å². The second-order valence-corrected chi connectivity index (χ2v) is 6.21. The first kappa shape index (κ1) is 14.6. The molecule has 0 fully saturated rings. The van der Waals surface area contributed by atoms with Crippen LogP contribution in [0.3, 0.4) is 0 Å². The van der Waals surface area contributed by atoms with Crippen molar-refractivity contribution in [3.8, 4) is 11.5 Å². The highest BCUT2D eigenvalue weighted by Crippen LogP contribution is 2.34. The summed E-state index contributed by atoms with van der Waals surface area (Å²) in [7, 11) is 0. The maximum atomic E-state index is 6.03. The second-order valence-electron chi connectivity index (χ2n) is 6.21. The Balaban J connectivity index is 2.26. The lowest BCUT2D eigenvalue weighted by molar-refractivity contribution is 0.455. The fourth-order valence-corrected chi connectivity index (χ4v) is 2.14. The number of hydrogen-bond donors (Lipinski definition) is 1. The van der Waals surface area contributed by atoms with Gasteiger partial charge >= 0.3 is 0 Å². The molecule has 0 amide bonds. The molecule has 2 rings (SSSR count). The Hall–Kier alpha value is -1.80. The van der Waals surface area contributed by atoms with Gasteiger partial charge in [-0.2, -0.15) is 0 Å². The number of para-hydroxylation sites is 1. The molecule has 2 aromatic carbocycles. The van der Waals surface area contributed by atoms with Gasteiger partial charge in [0.1, 0.15) is 11.5 Å². The third kappa shape index (κ3) is 3.40. The highest BCUT2D eigenvalue weighted by atomic mass is 16.5. The van der Waals surface area contributed by atoms with Gasteiger partial charge in [-0.1, -0.05) is 51.1 Å². The van der Waals surface area contributed by atoms with Crippen LogP contribution in [0.25, 0.3) is 0 Å². The Morgan fingerprint density at radius 1 is 0.950 bits per heavy atom. The molecular formula is C18H23NO. The van der Waals surface area contributed by atoms with Gasteiger partial charge in [-0.05, 0) is 36.1 Å². The van der Waals surface area contributed by atoms with E-state index in [1.165, 1.54) is 5.56 Å². The van der Waals surface area contributed by atoms with Gasteiger partial charge in [-0.15, -0.1) is 0 Å². The Kier molecular flexibility index (Phi) is 4.15. The molecule has 0 saturated heterocycles. The lowest BCUT2D eigenvalue weighted by Gasteiger charge is -2.22. The van der Waals surface area contributed by atoms with Crippen LogP contribution in [0.4, 0.5) is 0 Å². The summed E-state index contributed by atoms with van der Waals surface area (Å²) < 4.78 is 6.03. The number of hydrogen-bond acceptors (Lipinski definition) is 2. The maximum absolute atomic E-state index is 6.03. The Morgan fingerprint density at radius 3 is 2.10 bits per heavy atom. The van der Waals surface area contributed by atoms with Crippen LogP contribution in [0.2, 0.25) is 0 Å². The Morgan fingerprint density at radius 2 is 1.55 bits per heavy atom. The van der Waals surface area contributed by atoms with Crippen molar-refractivity contribution in [3.05, 3.63) is 59.7 Å². The first-order valence-corrected chi connectivity index (χ1v) is 7.01. The van der Waals surface area contributed by atoms with Crippen molar-refractivity contribution in [2.24, 2.45) is 5.73 Å². The van der Waals surface area contributed by atoms with Crippen molar-refractivity contribution in [2.45, 2.75) is 39.2 Å². The molecule has 20 heavy (non-hydrogen) atoms. The number of benzene rings is 2. The van der Waals surface area contributed by atoms with Crippen molar-refractivity contribution >= 4 is 0 Å². The first-order chi connectivity index (χ1) is 9.38. The van der Waals surface area contributed by atoms with E-state index in [-0.39, 0.29) is 11.5 Å². The summed E-state index contributed by atoms with van der Waals surface area (Å²) >= 11 is 0. The van der Waals surface area contributed by atoms with E-state index in [4.69, 9.17) is 10.5 Å². The minimum Gasteiger partial charge on any atom is -0.457 e. The van der Waals surface area contributed by atoms with Crippen molar-refractivity contribution < 1.29 is 4.74 Å². The molecule has 0 heterocycles. The van der Waals surface area contributed by atoms with Gasteiger partial charge in [0.05, 0.1) is 0 Å². The van der Waals surface area contributed by atoms with Gasteiger partial charge in [-0.25, -0.2) is 0 Å². The van der Waals surface area contributed by atoms with Crippen LogP contribution in [-0.2, 0) is 5.41 Å². The SMILES string of the molecule is CC(N)c1ccc(Oc2ccccc2C(C)(C)C)cc1. The zero-order valence-electron chi connectivity index (χ0n) is 12.7. The Labute approximate surface area is 121 Å². The predicted molar refractivity (Wildman–Crippen MR) is 84.3 cm³/mol. The maximum Gasteiger partial charge on any atom is 0.131 e. The van der Waals surface area contributed by atoms with Gasteiger partial charge in [0, 0.05) is 11.6 Å². The van der Waals surface area contributed by atoms with Crippen LogP contribution in [0.5, 0.6) is 11.5 Å². The molecule has 0 aromatic heterocycles. The summed E-state index contributed by atoms with van der Waals surface area (Å²) in [4.78, 5) is 0. The van der Waals surface area contributed by atoms with Crippen LogP contribution in [-0.4, -0.2) is 0 Å². The van der Waals surface area contributed by atoms with Gasteiger partial charge in [0.15, 0.2) is 0 Å². The molecule has 0 spiro atoms. The van der Waals surface area contributed by atoms with Crippen molar-refractivity contribution in [1.29, 1.82) is 0 Å². The third-order valence-corrected chi connectivity index (χ3v) is 3.33. The molecule has 2 heteroatoms. The summed E-state index contributed by atoms with van der Waals surface area (Å²) in [6.45, 7) is 8.54. The topological polar surface area (TPSA) is 35.2 Å². The molecule has 0 bridgehead atoms. The highest BCUT2D eigenvalue weighted by Gasteiger charge is 2.18. The fraction of sp³-hybridized carbons (Fsp3) is 0.333. The molecule has 2 N–H and O–H groups in total. The molecule has 0 aliphatic rings. The quantitative estimate of drug-likeness (QED) is 0.869. The average molecular weight is 269 g/mol. The lowest BCUT2D eigenvalue weighted by Crippen LogP contribution is -2.12. The van der Waals surface area contributed by atoms with E-state index in [2.05, 4.69) is 26.8 Å². The van der Waals surface area contributed by atoms with E-state index in [0.29, 0.717) is 0 Å². The van der Waals surface area contributed by atoms with Crippen molar-refractivity contribution in [3.63, 3.8) is 0 Å². The van der Waals surface area contributed by atoms with E-state index in [0.717, 1.165) is 17.1 Å². The average Bonchev–Trinajstić information content (AvgIpc) is 2.38. The second kappa shape index (κ2) is 5.68. The smallest absolute Gasteiger partial charge is 0.131 e. The minimum absolute atomic E-state index is 0.0471. The van der Waals surface area contributed by atoms with Crippen LogP contribution in [0.15, 0.2) is 48.5 Å². The van der Waals surface area contributed by atoms with E-state index in [1.54, 1.807) is 0 Å². The van der Waals surface area contributed by atoms with E-state index in [1.807, 2.05) is 49.4 Å². The molecule has 1 unspecified atom stereocenters. The zero-order valence-corrected chi connectivity index (χ0v) is 12.7. The summed E-state index contributed by atoms with van der Waals surface area (Å²) in [6, 6.07) is 16.2. The number of rotatable bonds is 3. The van der Waals surface area contributed by atoms with Crippen LogP contribution in [0.1, 0.15) is 44.9 Å². The summed E-state index contributed by atoms with van der Waals surface area (Å²) in [6.07, 6.45) is 0. The molecule has 2 aromatic rings. The van der Waals surface area contributed by atoms with E-state index in [9.17, 15) is 0 Å². The van der Waals surface area contributed by atoms with Crippen LogP contribution < -0.4 is 10.5 Å². The predicted octanol–water partition coefficient (Wildman–Crippen LogP) is 4.80. The molecule has 106 valence electrons. The van der Waals surface area contributed by atoms with Crippen molar-refractivity contribution in [1.82, 2.24) is 0 Å². The molecule has 1 atom stereocenters. The highest BCUT2D eigenvalue weighted by molar-refractivity contribution is 5.42. The molecular weight excluding hydrogens is 246 g/mol. The van der Waals surface area contributed by atoms with Crippen LogP contribution >= 0.6 is 0 Å². The van der Waals surface area contributed by atoms with Crippen LogP contribution in [0, 0.1) is 0 Å². The molecule has 0 saturated carbocycles. The van der Waals surface area contributed by atoms with Gasteiger partial charge in [0.2, 0.25) is 0 Å². The number of nitrogens with two attached hydrogens (primary N) is 1. The molecule has 2 nitrogen and oxygen atoms in total. The molecule has 0 aliphatic heterocycles. The summed E-state index contributed by atoms with van der Waals surface area (Å²) in [5.74, 6) is 1.75. The van der Waals surface area contributed by atoms with E-state index < -0.39 is 0 Å². The van der Waals surface area contributed by atoms with Crippen molar-refractivity contribution in [2.75, 3.05) is 0 Å². The standard InChI is InChI=1S/C18H23NO/c1-13(19)14-9-11-15(12-10-14)20-17-8-6-5-7-16(17)18(2,3)4/h5-13H,19H2,1-4H3. The Bertz CT molecular complexity index is 565. The normalized spacial score (nSPS) is 13.1. The largest absolute Gasteiger partial charge is 0.457 e. The fourth-order valence-electron chi connectivity index (χ4n) is 2.14. The van der Waals surface area contributed by atoms with Gasteiger partial charge < -0.3 is 10.5 Å². The number of ether oxygens (including phenoxy) is 1. The summed E-state index contributed by atoms with van der Waals surface area (Å²) in [5.41, 5.74) is 8.23. The lowest BCUT2D eigenvalue weighted by atomic mass is 9.86. The zero-order chi connectivity index (χ0) is 14.8.